The average molecular weight is 252 g/mol. The molecule has 2 aliphatic carbocycles. The molecule has 2 saturated carbocycles. The smallest absolute Gasteiger partial charge is 0.0303 e. The summed E-state index contributed by atoms with van der Waals surface area (Å²) in [7, 11) is 0. The zero-order chi connectivity index (χ0) is 13.0. The number of hydrogen-bond acceptors (Lipinski definition) is 2. The van der Waals surface area contributed by atoms with Crippen molar-refractivity contribution in [2.45, 2.75) is 70.8 Å². The van der Waals surface area contributed by atoms with Gasteiger partial charge in [-0.25, -0.2) is 0 Å². The van der Waals surface area contributed by atoms with Gasteiger partial charge in [0.2, 0.25) is 0 Å². The molecule has 0 radical (unpaired) electrons. The van der Waals surface area contributed by atoms with Crippen molar-refractivity contribution in [2.24, 2.45) is 23.5 Å². The molecule has 2 nitrogen and oxygen atoms in total. The maximum Gasteiger partial charge on any atom is 0.0303 e. The highest BCUT2D eigenvalue weighted by Crippen LogP contribution is 2.49. The summed E-state index contributed by atoms with van der Waals surface area (Å²) >= 11 is 0. The van der Waals surface area contributed by atoms with Gasteiger partial charge in [0.25, 0.3) is 0 Å². The molecule has 106 valence electrons. The van der Waals surface area contributed by atoms with Gasteiger partial charge in [0.05, 0.1) is 0 Å². The highest BCUT2D eigenvalue weighted by molar-refractivity contribution is 4.96. The van der Waals surface area contributed by atoms with Crippen molar-refractivity contribution >= 4 is 0 Å². The molecule has 0 aliphatic heterocycles. The summed E-state index contributed by atoms with van der Waals surface area (Å²) < 4.78 is 0. The van der Waals surface area contributed by atoms with Crippen LogP contribution in [0.5, 0.6) is 0 Å². The molecule has 18 heavy (non-hydrogen) atoms. The lowest BCUT2D eigenvalue weighted by atomic mass is 9.87. The Morgan fingerprint density at radius 3 is 1.89 bits per heavy atom. The van der Waals surface area contributed by atoms with Crippen LogP contribution in [0.4, 0.5) is 0 Å². The fraction of sp³-hybridized carbons (Fsp3) is 1.00. The van der Waals surface area contributed by atoms with Crippen LogP contribution in [-0.4, -0.2) is 18.6 Å². The van der Waals surface area contributed by atoms with E-state index in [1.165, 1.54) is 57.9 Å². The van der Waals surface area contributed by atoms with E-state index in [4.69, 9.17) is 5.73 Å². The minimum Gasteiger partial charge on any atom is -0.329 e. The minimum atomic E-state index is 0.228. The Morgan fingerprint density at radius 1 is 1.06 bits per heavy atom. The van der Waals surface area contributed by atoms with Gasteiger partial charge in [-0.3, -0.25) is 0 Å². The zero-order valence-corrected chi connectivity index (χ0v) is 12.4. The van der Waals surface area contributed by atoms with E-state index in [0.29, 0.717) is 0 Å². The van der Waals surface area contributed by atoms with Gasteiger partial charge in [-0.1, -0.05) is 26.7 Å². The third kappa shape index (κ3) is 3.71. The van der Waals surface area contributed by atoms with Gasteiger partial charge in [0.15, 0.2) is 0 Å². The predicted octanol–water partition coefficient (Wildman–Crippen LogP) is 3.31. The lowest BCUT2D eigenvalue weighted by Crippen LogP contribution is -2.52. The number of hydrogen-bond donors (Lipinski definition) is 2. The second-order valence-electron chi connectivity index (χ2n) is 6.70. The molecular weight excluding hydrogens is 220 g/mol. The van der Waals surface area contributed by atoms with Gasteiger partial charge in [0.1, 0.15) is 0 Å². The Hall–Kier alpha value is -0.0800. The standard InChI is InChI=1S/C16H32N2/c1-3-9-16(12-17,10-4-2)18-11-15(13-5-6-13)14-7-8-14/h13-15,18H,3-12,17H2,1-2H3. The lowest BCUT2D eigenvalue weighted by Gasteiger charge is -2.35. The van der Waals surface area contributed by atoms with Crippen molar-refractivity contribution in [2.75, 3.05) is 13.1 Å². The van der Waals surface area contributed by atoms with Crippen molar-refractivity contribution in [1.29, 1.82) is 0 Å². The third-order valence-corrected chi connectivity index (χ3v) is 5.02. The fourth-order valence-electron chi connectivity index (χ4n) is 3.64. The van der Waals surface area contributed by atoms with Crippen molar-refractivity contribution in [3.05, 3.63) is 0 Å². The van der Waals surface area contributed by atoms with Crippen LogP contribution < -0.4 is 11.1 Å². The van der Waals surface area contributed by atoms with E-state index in [-0.39, 0.29) is 5.54 Å². The molecule has 2 rings (SSSR count). The molecular formula is C16H32N2. The molecule has 0 atom stereocenters. The van der Waals surface area contributed by atoms with Gasteiger partial charge in [-0.15, -0.1) is 0 Å². The molecule has 0 saturated heterocycles. The van der Waals surface area contributed by atoms with E-state index in [1.807, 2.05) is 0 Å². The number of nitrogens with two attached hydrogens (primary N) is 1. The topological polar surface area (TPSA) is 38.0 Å². The van der Waals surface area contributed by atoms with Gasteiger partial charge in [-0.05, 0) is 62.8 Å². The summed E-state index contributed by atoms with van der Waals surface area (Å²) in [6, 6.07) is 0. The first kappa shape index (κ1) is 14.3. The lowest BCUT2D eigenvalue weighted by molar-refractivity contribution is 0.246. The van der Waals surface area contributed by atoms with Crippen molar-refractivity contribution < 1.29 is 0 Å². The summed E-state index contributed by atoms with van der Waals surface area (Å²) in [4.78, 5) is 0. The van der Waals surface area contributed by atoms with Crippen molar-refractivity contribution in [3.8, 4) is 0 Å². The Bertz CT molecular complexity index is 225. The normalized spacial score (nSPS) is 20.7. The second kappa shape index (κ2) is 6.38. The summed E-state index contributed by atoms with van der Waals surface area (Å²) in [5.41, 5.74) is 6.31. The summed E-state index contributed by atoms with van der Waals surface area (Å²) in [5, 5.41) is 3.90. The molecule has 3 N–H and O–H groups in total. The highest BCUT2D eigenvalue weighted by atomic mass is 15.0. The quantitative estimate of drug-likeness (QED) is 0.626. The second-order valence-corrected chi connectivity index (χ2v) is 6.70. The van der Waals surface area contributed by atoms with E-state index < -0.39 is 0 Å². The molecule has 2 fully saturated rings. The first-order chi connectivity index (χ1) is 8.74. The van der Waals surface area contributed by atoms with E-state index >= 15 is 0 Å². The van der Waals surface area contributed by atoms with Crippen LogP contribution in [0, 0.1) is 17.8 Å². The average Bonchev–Trinajstić information content (AvgIpc) is 3.23. The largest absolute Gasteiger partial charge is 0.329 e. The van der Waals surface area contributed by atoms with Crippen LogP contribution >= 0.6 is 0 Å². The highest BCUT2D eigenvalue weighted by Gasteiger charge is 2.42. The van der Waals surface area contributed by atoms with Crippen LogP contribution in [0.3, 0.4) is 0 Å². The molecule has 0 aromatic heterocycles. The summed E-state index contributed by atoms with van der Waals surface area (Å²) in [5.74, 6) is 3.05. The van der Waals surface area contributed by atoms with Gasteiger partial charge in [0, 0.05) is 12.1 Å². The predicted molar refractivity (Wildman–Crippen MR) is 78.5 cm³/mol. The van der Waals surface area contributed by atoms with Gasteiger partial charge < -0.3 is 11.1 Å². The Balaban J connectivity index is 1.86. The Morgan fingerprint density at radius 2 is 1.56 bits per heavy atom. The maximum absolute atomic E-state index is 6.09. The molecule has 0 aromatic carbocycles. The van der Waals surface area contributed by atoms with Crippen LogP contribution in [-0.2, 0) is 0 Å². The monoisotopic (exact) mass is 252 g/mol. The number of nitrogens with one attached hydrogen (secondary N) is 1. The molecule has 0 spiro atoms. The third-order valence-electron chi connectivity index (χ3n) is 5.02. The fourth-order valence-corrected chi connectivity index (χ4v) is 3.64. The van der Waals surface area contributed by atoms with Crippen molar-refractivity contribution in [1.82, 2.24) is 5.32 Å². The van der Waals surface area contributed by atoms with Crippen LogP contribution in [0.1, 0.15) is 65.2 Å². The molecule has 0 amide bonds. The Labute approximate surface area is 113 Å². The molecule has 0 aromatic rings. The SMILES string of the molecule is CCCC(CN)(CCC)NCC(C1CC1)C1CC1. The van der Waals surface area contributed by atoms with E-state index in [1.54, 1.807) is 0 Å². The van der Waals surface area contributed by atoms with E-state index in [0.717, 1.165) is 24.3 Å². The Kier molecular flexibility index (Phi) is 5.08. The molecule has 0 bridgehead atoms. The van der Waals surface area contributed by atoms with Crippen molar-refractivity contribution in [3.63, 3.8) is 0 Å². The van der Waals surface area contributed by atoms with Gasteiger partial charge >= 0.3 is 0 Å². The molecule has 2 aliphatic rings. The number of rotatable bonds is 10. The van der Waals surface area contributed by atoms with Gasteiger partial charge in [-0.2, -0.15) is 0 Å². The maximum atomic E-state index is 6.09. The first-order valence-corrected chi connectivity index (χ1v) is 8.19. The van der Waals surface area contributed by atoms with E-state index in [2.05, 4.69) is 19.2 Å². The van der Waals surface area contributed by atoms with E-state index in [9.17, 15) is 0 Å². The van der Waals surface area contributed by atoms with Crippen LogP contribution in [0.15, 0.2) is 0 Å². The molecule has 0 heterocycles. The van der Waals surface area contributed by atoms with Crippen LogP contribution in [0.2, 0.25) is 0 Å². The summed E-state index contributed by atoms with van der Waals surface area (Å²) in [6.07, 6.45) is 10.9. The van der Waals surface area contributed by atoms with Crippen LogP contribution in [0.25, 0.3) is 0 Å². The first-order valence-electron chi connectivity index (χ1n) is 8.19. The molecule has 0 unspecified atom stereocenters. The zero-order valence-electron chi connectivity index (χ0n) is 12.4. The minimum absolute atomic E-state index is 0.228. The molecule has 2 heteroatoms. The summed E-state index contributed by atoms with van der Waals surface area (Å²) in [6.45, 7) is 6.59.